The Bertz CT molecular complexity index is 770. The Morgan fingerprint density at radius 3 is 2.57 bits per heavy atom. The van der Waals surface area contributed by atoms with Crippen LogP contribution in [0.15, 0.2) is 47.0 Å². The van der Waals surface area contributed by atoms with E-state index in [9.17, 15) is 0 Å². The number of benzene rings is 1. The Morgan fingerprint density at radius 2 is 1.83 bits per heavy atom. The maximum absolute atomic E-state index is 5.04. The molecule has 3 rings (SSSR count). The zero-order valence-electron chi connectivity index (χ0n) is 13.2. The predicted molar refractivity (Wildman–Crippen MR) is 89.9 cm³/mol. The van der Waals surface area contributed by atoms with Crippen LogP contribution in [0.1, 0.15) is 17.0 Å². The SMILES string of the molecule is Cc1cc(Nc2cc(C)on2)nc(NCCc2ccccc2)n1. The second-order valence-corrected chi connectivity index (χ2v) is 5.33. The lowest BCUT2D eigenvalue weighted by Gasteiger charge is -2.08. The lowest BCUT2D eigenvalue weighted by molar-refractivity contribution is 0.400. The van der Waals surface area contributed by atoms with Crippen LogP contribution in [0.3, 0.4) is 0 Å². The molecule has 2 aromatic heterocycles. The summed E-state index contributed by atoms with van der Waals surface area (Å²) in [6.07, 6.45) is 0.920. The van der Waals surface area contributed by atoms with Crippen molar-refractivity contribution >= 4 is 17.6 Å². The first-order chi connectivity index (χ1) is 11.2. The third-order valence-corrected chi connectivity index (χ3v) is 3.28. The highest BCUT2D eigenvalue weighted by Gasteiger charge is 2.05. The molecule has 0 atom stereocenters. The second kappa shape index (κ2) is 6.91. The van der Waals surface area contributed by atoms with E-state index in [-0.39, 0.29) is 0 Å². The van der Waals surface area contributed by atoms with Crippen molar-refractivity contribution in [1.82, 2.24) is 15.1 Å². The van der Waals surface area contributed by atoms with Gasteiger partial charge in [0, 0.05) is 24.4 Å². The minimum atomic E-state index is 0.601. The van der Waals surface area contributed by atoms with Gasteiger partial charge < -0.3 is 15.2 Å². The van der Waals surface area contributed by atoms with E-state index in [4.69, 9.17) is 4.52 Å². The average Bonchev–Trinajstić information content (AvgIpc) is 2.93. The van der Waals surface area contributed by atoms with Crippen molar-refractivity contribution in [2.45, 2.75) is 20.3 Å². The van der Waals surface area contributed by atoms with Crippen LogP contribution in [0.25, 0.3) is 0 Å². The molecule has 0 saturated heterocycles. The maximum atomic E-state index is 5.04. The van der Waals surface area contributed by atoms with Crippen molar-refractivity contribution in [2.75, 3.05) is 17.2 Å². The molecule has 0 aliphatic carbocycles. The minimum absolute atomic E-state index is 0.601. The van der Waals surface area contributed by atoms with Crippen LogP contribution < -0.4 is 10.6 Å². The van der Waals surface area contributed by atoms with Gasteiger partial charge in [-0.3, -0.25) is 0 Å². The Labute approximate surface area is 135 Å². The topological polar surface area (TPSA) is 75.9 Å². The molecule has 0 amide bonds. The molecular formula is C17H19N5O. The third kappa shape index (κ3) is 4.29. The second-order valence-electron chi connectivity index (χ2n) is 5.33. The maximum Gasteiger partial charge on any atom is 0.224 e. The molecule has 6 nitrogen and oxygen atoms in total. The summed E-state index contributed by atoms with van der Waals surface area (Å²) in [4.78, 5) is 8.86. The van der Waals surface area contributed by atoms with Crippen LogP contribution in [0, 0.1) is 13.8 Å². The number of aromatic nitrogens is 3. The molecule has 23 heavy (non-hydrogen) atoms. The Morgan fingerprint density at radius 1 is 1.00 bits per heavy atom. The first kappa shape index (κ1) is 15.0. The van der Waals surface area contributed by atoms with Crippen LogP contribution in [-0.4, -0.2) is 21.7 Å². The molecule has 0 fully saturated rings. The fraction of sp³-hybridized carbons (Fsp3) is 0.235. The third-order valence-electron chi connectivity index (χ3n) is 3.28. The minimum Gasteiger partial charge on any atom is -0.360 e. The Kier molecular flexibility index (Phi) is 4.52. The van der Waals surface area contributed by atoms with Gasteiger partial charge in [0.2, 0.25) is 5.95 Å². The molecule has 1 aromatic carbocycles. The summed E-state index contributed by atoms with van der Waals surface area (Å²) in [5, 5.41) is 10.3. The summed E-state index contributed by atoms with van der Waals surface area (Å²) in [6, 6.07) is 14.0. The van der Waals surface area contributed by atoms with Crippen LogP contribution in [0.2, 0.25) is 0 Å². The smallest absolute Gasteiger partial charge is 0.224 e. The van der Waals surface area contributed by atoms with Crippen molar-refractivity contribution in [3.8, 4) is 0 Å². The Hall–Kier alpha value is -2.89. The lowest BCUT2D eigenvalue weighted by atomic mass is 10.1. The molecule has 6 heteroatoms. The lowest BCUT2D eigenvalue weighted by Crippen LogP contribution is -2.09. The van der Waals surface area contributed by atoms with Gasteiger partial charge in [-0.05, 0) is 25.8 Å². The van der Waals surface area contributed by atoms with E-state index in [2.05, 4.69) is 37.9 Å². The molecule has 0 spiro atoms. The molecule has 0 aliphatic rings. The van der Waals surface area contributed by atoms with Gasteiger partial charge in [0.05, 0.1) is 0 Å². The molecule has 0 unspecified atom stereocenters. The fourth-order valence-electron chi connectivity index (χ4n) is 2.23. The van der Waals surface area contributed by atoms with Crippen molar-refractivity contribution < 1.29 is 4.52 Å². The number of nitrogens with one attached hydrogen (secondary N) is 2. The van der Waals surface area contributed by atoms with E-state index < -0.39 is 0 Å². The van der Waals surface area contributed by atoms with Gasteiger partial charge in [-0.2, -0.15) is 4.98 Å². The standard InChI is InChI=1S/C17H19N5O/c1-12-10-15(20-16-11-13(2)23-22-16)21-17(19-12)18-9-8-14-6-4-3-5-7-14/h3-7,10-11H,8-9H2,1-2H3,(H2,18,19,20,21,22). The summed E-state index contributed by atoms with van der Waals surface area (Å²) >= 11 is 0. The van der Waals surface area contributed by atoms with E-state index in [0.29, 0.717) is 17.6 Å². The highest BCUT2D eigenvalue weighted by molar-refractivity contribution is 5.53. The molecule has 118 valence electrons. The molecule has 2 heterocycles. The van der Waals surface area contributed by atoms with Gasteiger partial charge in [0.15, 0.2) is 5.82 Å². The van der Waals surface area contributed by atoms with Gasteiger partial charge in [-0.15, -0.1) is 0 Å². The number of hydrogen-bond acceptors (Lipinski definition) is 6. The summed E-state index contributed by atoms with van der Waals surface area (Å²) in [5.41, 5.74) is 2.16. The number of rotatable bonds is 6. The summed E-state index contributed by atoms with van der Waals surface area (Å²) < 4.78 is 5.04. The number of nitrogens with zero attached hydrogens (tertiary/aromatic N) is 3. The highest BCUT2D eigenvalue weighted by atomic mass is 16.5. The first-order valence-electron chi connectivity index (χ1n) is 7.53. The van der Waals surface area contributed by atoms with Gasteiger partial charge >= 0.3 is 0 Å². The van der Waals surface area contributed by atoms with Crippen LogP contribution >= 0.6 is 0 Å². The first-order valence-corrected chi connectivity index (χ1v) is 7.53. The van der Waals surface area contributed by atoms with Crippen LogP contribution in [0.4, 0.5) is 17.6 Å². The highest BCUT2D eigenvalue weighted by Crippen LogP contribution is 2.16. The monoisotopic (exact) mass is 309 g/mol. The van der Waals surface area contributed by atoms with E-state index in [1.54, 1.807) is 0 Å². The average molecular weight is 309 g/mol. The van der Waals surface area contributed by atoms with Crippen LogP contribution in [0.5, 0.6) is 0 Å². The number of hydrogen-bond donors (Lipinski definition) is 2. The normalized spacial score (nSPS) is 10.5. The van der Waals surface area contributed by atoms with Crippen molar-refractivity contribution in [2.24, 2.45) is 0 Å². The Balaban J connectivity index is 1.63. The molecule has 0 bridgehead atoms. The van der Waals surface area contributed by atoms with E-state index in [1.165, 1.54) is 5.56 Å². The van der Waals surface area contributed by atoms with Crippen LogP contribution in [-0.2, 0) is 6.42 Å². The van der Waals surface area contributed by atoms with E-state index in [0.717, 1.165) is 24.4 Å². The summed E-state index contributed by atoms with van der Waals surface area (Å²) in [7, 11) is 0. The summed E-state index contributed by atoms with van der Waals surface area (Å²) in [6.45, 7) is 4.55. The van der Waals surface area contributed by atoms with E-state index in [1.807, 2.05) is 44.2 Å². The van der Waals surface area contributed by atoms with Gasteiger partial charge in [0.25, 0.3) is 0 Å². The van der Waals surface area contributed by atoms with Gasteiger partial charge in [-0.25, -0.2) is 4.98 Å². The van der Waals surface area contributed by atoms with Gasteiger partial charge in [0.1, 0.15) is 11.6 Å². The van der Waals surface area contributed by atoms with Gasteiger partial charge in [-0.1, -0.05) is 35.5 Å². The largest absolute Gasteiger partial charge is 0.360 e. The molecule has 2 N–H and O–H groups in total. The quantitative estimate of drug-likeness (QED) is 0.726. The van der Waals surface area contributed by atoms with Crippen molar-refractivity contribution in [3.63, 3.8) is 0 Å². The number of anilines is 3. The predicted octanol–water partition coefficient (Wildman–Crippen LogP) is 3.48. The zero-order valence-corrected chi connectivity index (χ0v) is 13.2. The fourth-order valence-corrected chi connectivity index (χ4v) is 2.23. The van der Waals surface area contributed by atoms with Crippen molar-refractivity contribution in [3.05, 3.63) is 59.5 Å². The van der Waals surface area contributed by atoms with Crippen molar-refractivity contribution in [1.29, 1.82) is 0 Å². The molecule has 3 aromatic rings. The summed E-state index contributed by atoms with van der Waals surface area (Å²) in [5.74, 6) is 2.67. The molecule has 0 aliphatic heterocycles. The molecule has 0 saturated carbocycles. The molecule has 0 radical (unpaired) electrons. The molecular weight excluding hydrogens is 290 g/mol. The number of aryl methyl sites for hydroxylation is 2. The zero-order chi connectivity index (χ0) is 16.1. The van der Waals surface area contributed by atoms with E-state index >= 15 is 0 Å².